The summed E-state index contributed by atoms with van der Waals surface area (Å²) in [6.07, 6.45) is 3.35. The van der Waals surface area contributed by atoms with Crippen LogP contribution in [0.1, 0.15) is 18.4 Å². The molecule has 1 aliphatic rings. The van der Waals surface area contributed by atoms with Crippen LogP contribution in [0.4, 0.5) is 5.69 Å². The molecular formula is C13H19NO2. The predicted molar refractivity (Wildman–Crippen MR) is 64.7 cm³/mol. The lowest BCUT2D eigenvalue weighted by Gasteiger charge is -2.35. The topological polar surface area (TPSA) is 41.5 Å². The number of aliphatic hydroxyl groups excluding tert-OH is 1. The third-order valence-electron chi connectivity index (χ3n) is 3.15. The highest BCUT2D eigenvalue weighted by molar-refractivity contribution is 5.46. The average molecular weight is 221 g/mol. The van der Waals surface area contributed by atoms with Gasteiger partial charge in [-0.3, -0.25) is 0 Å². The summed E-state index contributed by atoms with van der Waals surface area (Å²) in [6.45, 7) is 0.213. The number of methoxy groups -OCH3 is 1. The summed E-state index contributed by atoms with van der Waals surface area (Å²) >= 11 is 0. The van der Waals surface area contributed by atoms with Crippen LogP contribution in [-0.4, -0.2) is 31.0 Å². The summed E-state index contributed by atoms with van der Waals surface area (Å²) in [5, 5.41) is 12.3. The van der Waals surface area contributed by atoms with Gasteiger partial charge in [-0.2, -0.15) is 0 Å². The number of hydrogen-bond acceptors (Lipinski definition) is 3. The molecule has 0 unspecified atom stereocenters. The highest BCUT2D eigenvalue weighted by atomic mass is 16.5. The monoisotopic (exact) mass is 221 g/mol. The van der Waals surface area contributed by atoms with Crippen molar-refractivity contribution in [3.63, 3.8) is 0 Å². The first kappa shape index (κ1) is 11.4. The van der Waals surface area contributed by atoms with Crippen LogP contribution in [0.3, 0.4) is 0 Å². The van der Waals surface area contributed by atoms with Crippen LogP contribution >= 0.6 is 0 Å². The SMILES string of the molecule is COC1CC(Nc2ccc(CCO)cc2)C1. The van der Waals surface area contributed by atoms with Gasteiger partial charge in [0.2, 0.25) is 0 Å². The maximum Gasteiger partial charge on any atom is 0.0610 e. The number of benzene rings is 1. The minimum absolute atomic E-state index is 0.213. The zero-order valence-electron chi connectivity index (χ0n) is 9.65. The van der Waals surface area contributed by atoms with Crippen LogP contribution in [0, 0.1) is 0 Å². The molecule has 1 saturated carbocycles. The fourth-order valence-electron chi connectivity index (χ4n) is 2.01. The molecule has 2 N–H and O–H groups in total. The summed E-state index contributed by atoms with van der Waals surface area (Å²) in [5.74, 6) is 0. The first-order valence-electron chi connectivity index (χ1n) is 5.81. The molecule has 16 heavy (non-hydrogen) atoms. The first-order valence-corrected chi connectivity index (χ1v) is 5.81. The summed E-state index contributed by atoms with van der Waals surface area (Å²) in [7, 11) is 1.77. The summed E-state index contributed by atoms with van der Waals surface area (Å²) in [6, 6.07) is 8.82. The Morgan fingerprint density at radius 2 is 2.00 bits per heavy atom. The molecule has 0 atom stereocenters. The first-order chi connectivity index (χ1) is 7.81. The summed E-state index contributed by atoms with van der Waals surface area (Å²) < 4.78 is 5.24. The fraction of sp³-hybridized carbons (Fsp3) is 0.538. The average Bonchev–Trinajstić information content (AvgIpc) is 2.25. The lowest BCUT2D eigenvalue weighted by atomic mass is 9.89. The molecule has 0 radical (unpaired) electrons. The van der Waals surface area contributed by atoms with E-state index in [9.17, 15) is 0 Å². The Balaban J connectivity index is 1.82. The molecule has 1 aromatic carbocycles. The van der Waals surface area contributed by atoms with Gasteiger partial charge in [-0.15, -0.1) is 0 Å². The summed E-state index contributed by atoms with van der Waals surface area (Å²) in [5.41, 5.74) is 2.33. The lowest BCUT2D eigenvalue weighted by Crippen LogP contribution is -2.40. The molecule has 1 fully saturated rings. The second-order valence-electron chi connectivity index (χ2n) is 4.34. The lowest BCUT2D eigenvalue weighted by molar-refractivity contribution is 0.0329. The minimum Gasteiger partial charge on any atom is -0.396 e. The smallest absolute Gasteiger partial charge is 0.0610 e. The Morgan fingerprint density at radius 1 is 1.31 bits per heavy atom. The van der Waals surface area contributed by atoms with Crippen molar-refractivity contribution in [2.75, 3.05) is 19.0 Å². The second kappa shape index (κ2) is 5.32. The van der Waals surface area contributed by atoms with Gasteiger partial charge < -0.3 is 15.2 Å². The highest BCUT2D eigenvalue weighted by Gasteiger charge is 2.28. The number of rotatable bonds is 5. The van der Waals surface area contributed by atoms with Crippen LogP contribution in [0.25, 0.3) is 0 Å². The number of nitrogens with one attached hydrogen (secondary N) is 1. The standard InChI is InChI=1S/C13H19NO2/c1-16-13-8-12(9-13)14-11-4-2-10(3-5-11)6-7-15/h2-5,12-15H,6-9H2,1H3. The van der Waals surface area contributed by atoms with Crippen molar-refractivity contribution in [1.29, 1.82) is 0 Å². The van der Waals surface area contributed by atoms with Gasteiger partial charge in [0.25, 0.3) is 0 Å². The molecule has 2 rings (SSSR count). The molecule has 0 aromatic heterocycles. The van der Waals surface area contributed by atoms with Crippen LogP contribution in [-0.2, 0) is 11.2 Å². The van der Waals surface area contributed by atoms with Crippen molar-refractivity contribution in [2.45, 2.75) is 31.4 Å². The number of aliphatic hydroxyl groups is 1. The molecule has 0 heterocycles. The van der Waals surface area contributed by atoms with Crippen LogP contribution in [0.5, 0.6) is 0 Å². The molecule has 88 valence electrons. The van der Waals surface area contributed by atoms with E-state index in [1.165, 1.54) is 5.56 Å². The van der Waals surface area contributed by atoms with Gasteiger partial charge in [-0.1, -0.05) is 12.1 Å². The molecule has 0 spiro atoms. The molecule has 0 saturated heterocycles. The van der Waals surface area contributed by atoms with Gasteiger partial charge in [-0.05, 0) is 37.0 Å². The fourth-order valence-corrected chi connectivity index (χ4v) is 2.01. The Labute approximate surface area is 96.4 Å². The largest absolute Gasteiger partial charge is 0.396 e. The van der Waals surface area contributed by atoms with E-state index in [0.717, 1.165) is 24.9 Å². The highest BCUT2D eigenvalue weighted by Crippen LogP contribution is 2.26. The molecule has 3 nitrogen and oxygen atoms in total. The second-order valence-corrected chi connectivity index (χ2v) is 4.34. The van der Waals surface area contributed by atoms with E-state index in [0.29, 0.717) is 12.1 Å². The molecular weight excluding hydrogens is 202 g/mol. The Kier molecular flexibility index (Phi) is 3.80. The van der Waals surface area contributed by atoms with E-state index in [1.807, 2.05) is 0 Å². The van der Waals surface area contributed by atoms with Gasteiger partial charge in [0.05, 0.1) is 6.10 Å². The van der Waals surface area contributed by atoms with Gasteiger partial charge in [0, 0.05) is 25.4 Å². The molecule has 1 aromatic rings. The van der Waals surface area contributed by atoms with Crippen LogP contribution in [0.2, 0.25) is 0 Å². The number of anilines is 1. The summed E-state index contributed by atoms with van der Waals surface area (Å²) in [4.78, 5) is 0. The van der Waals surface area contributed by atoms with Crippen molar-refractivity contribution in [1.82, 2.24) is 0 Å². The van der Waals surface area contributed by atoms with Crippen molar-refractivity contribution < 1.29 is 9.84 Å². The molecule has 0 aliphatic heterocycles. The van der Waals surface area contributed by atoms with Crippen molar-refractivity contribution >= 4 is 5.69 Å². The van der Waals surface area contributed by atoms with Crippen molar-refractivity contribution in [3.8, 4) is 0 Å². The zero-order valence-corrected chi connectivity index (χ0v) is 9.65. The molecule has 3 heteroatoms. The minimum atomic E-state index is 0.213. The van der Waals surface area contributed by atoms with Crippen molar-refractivity contribution in [2.24, 2.45) is 0 Å². The van der Waals surface area contributed by atoms with E-state index < -0.39 is 0 Å². The third kappa shape index (κ3) is 2.74. The van der Waals surface area contributed by atoms with Crippen LogP contribution < -0.4 is 5.32 Å². The quantitative estimate of drug-likeness (QED) is 0.796. The Morgan fingerprint density at radius 3 is 2.56 bits per heavy atom. The molecule has 1 aliphatic carbocycles. The Bertz CT molecular complexity index is 317. The number of ether oxygens (including phenoxy) is 1. The van der Waals surface area contributed by atoms with E-state index in [-0.39, 0.29) is 6.61 Å². The van der Waals surface area contributed by atoms with E-state index in [4.69, 9.17) is 9.84 Å². The van der Waals surface area contributed by atoms with E-state index >= 15 is 0 Å². The van der Waals surface area contributed by atoms with E-state index in [1.54, 1.807) is 7.11 Å². The molecule has 0 amide bonds. The predicted octanol–water partition coefficient (Wildman–Crippen LogP) is 1.81. The van der Waals surface area contributed by atoms with Crippen molar-refractivity contribution in [3.05, 3.63) is 29.8 Å². The van der Waals surface area contributed by atoms with Gasteiger partial charge in [0.1, 0.15) is 0 Å². The number of hydrogen-bond donors (Lipinski definition) is 2. The van der Waals surface area contributed by atoms with Gasteiger partial charge in [0.15, 0.2) is 0 Å². The van der Waals surface area contributed by atoms with Gasteiger partial charge >= 0.3 is 0 Å². The van der Waals surface area contributed by atoms with Crippen LogP contribution in [0.15, 0.2) is 24.3 Å². The van der Waals surface area contributed by atoms with Gasteiger partial charge in [-0.25, -0.2) is 0 Å². The normalized spacial score (nSPS) is 23.9. The Hall–Kier alpha value is -1.06. The maximum absolute atomic E-state index is 8.81. The zero-order chi connectivity index (χ0) is 11.4. The van der Waals surface area contributed by atoms with E-state index in [2.05, 4.69) is 29.6 Å². The molecule has 0 bridgehead atoms. The third-order valence-corrected chi connectivity index (χ3v) is 3.15. The maximum atomic E-state index is 8.81.